The van der Waals surface area contributed by atoms with Crippen LogP contribution in [0, 0.1) is 5.82 Å². The Bertz CT molecular complexity index is 650. The summed E-state index contributed by atoms with van der Waals surface area (Å²) in [4.78, 5) is 10.9. The second-order valence-corrected chi connectivity index (χ2v) is 5.14. The molecule has 0 radical (unpaired) electrons. The van der Waals surface area contributed by atoms with Crippen molar-refractivity contribution >= 4 is 5.97 Å². The molecule has 110 valence electrons. The number of ether oxygens (including phenoxy) is 1. The Morgan fingerprint density at radius 3 is 2.67 bits per heavy atom. The molecule has 2 rings (SSSR count). The quantitative estimate of drug-likeness (QED) is 0.895. The molecule has 0 aromatic heterocycles. The maximum Gasteiger partial charge on any atom is 0.338 e. The highest BCUT2D eigenvalue weighted by molar-refractivity contribution is 5.88. The molecule has 0 unspecified atom stereocenters. The standard InChI is InChI=1S/C17H17FO3/c1-11(2)13-4-3-5-14(9-13)21-10-12-6-7-16(18)15(8-12)17(19)20/h3-9,11H,10H2,1-2H3,(H,19,20). The number of hydrogen-bond donors (Lipinski definition) is 1. The van der Waals surface area contributed by atoms with Gasteiger partial charge in [0.1, 0.15) is 18.2 Å². The summed E-state index contributed by atoms with van der Waals surface area (Å²) < 4.78 is 18.9. The van der Waals surface area contributed by atoms with Gasteiger partial charge in [0.15, 0.2) is 0 Å². The fourth-order valence-corrected chi connectivity index (χ4v) is 1.96. The van der Waals surface area contributed by atoms with Gasteiger partial charge in [-0.1, -0.05) is 32.0 Å². The summed E-state index contributed by atoms with van der Waals surface area (Å²) in [7, 11) is 0. The van der Waals surface area contributed by atoms with E-state index in [4.69, 9.17) is 9.84 Å². The normalized spacial score (nSPS) is 10.7. The Balaban J connectivity index is 2.11. The summed E-state index contributed by atoms with van der Waals surface area (Å²) in [6.07, 6.45) is 0. The van der Waals surface area contributed by atoms with Crippen LogP contribution in [-0.4, -0.2) is 11.1 Å². The van der Waals surface area contributed by atoms with Gasteiger partial charge in [-0.2, -0.15) is 0 Å². The number of hydrogen-bond acceptors (Lipinski definition) is 2. The molecular weight excluding hydrogens is 271 g/mol. The third-order valence-corrected chi connectivity index (χ3v) is 3.19. The average Bonchev–Trinajstić information content (AvgIpc) is 2.46. The van der Waals surface area contributed by atoms with Crippen LogP contribution in [0.3, 0.4) is 0 Å². The van der Waals surface area contributed by atoms with Crippen molar-refractivity contribution < 1.29 is 19.0 Å². The zero-order chi connectivity index (χ0) is 15.4. The number of carboxylic acid groups (broad SMARTS) is 1. The van der Waals surface area contributed by atoms with E-state index < -0.39 is 11.8 Å². The molecule has 0 heterocycles. The Morgan fingerprint density at radius 2 is 2.00 bits per heavy atom. The van der Waals surface area contributed by atoms with Crippen molar-refractivity contribution in [2.45, 2.75) is 26.4 Å². The van der Waals surface area contributed by atoms with Gasteiger partial charge in [-0.15, -0.1) is 0 Å². The SMILES string of the molecule is CC(C)c1cccc(OCc2ccc(F)c(C(=O)O)c2)c1. The predicted molar refractivity (Wildman–Crippen MR) is 78.2 cm³/mol. The Morgan fingerprint density at radius 1 is 1.24 bits per heavy atom. The number of rotatable bonds is 5. The summed E-state index contributed by atoms with van der Waals surface area (Å²) in [6, 6.07) is 11.7. The molecule has 0 spiro atoms. The van der Waals surface area contributed by atoms with E-state index in [0.29, 0.717) is 17.2 Å². The van der Waals surface area contributed by atoms with Crippen LogP contribution in [0.2, 0.25) is 0 Å². The van der Waals surface area contributed by atoms with Gasteiger partial charge in [0.2, 0.25) is 0 Å². The van der Waals surface area contributed by atoms with E-state index in [1.54, 1.807) is 0 Å². The summed E-state index contributed by atoms with van der Waals surface area (Å²) >= 11 is 0. The highest BCUT2D eigenvalue weighted by atomic mass is 19.1. The van der Waals surface area contributed by atoms with Gasteiger partial charge < -0.3 is 9.84 Å². The molecule has 2 aromatic rings. The lowest BCUT2D eigenvalue weighted by molar-refractivity contribution is 0.0691. The Hall–Kier alpha value is -2.36. The van der Waals surface area contributed by atoms with E-state index in [9.17, 15) is 9.18 Å². The number of aromatic carboxylic acids is 1. The van der Waals surface area contributed by atoms with Gasteiger partial charge in [-0.3, -0.25) is 0 Å². The molecular formula is C17H17FO3. The third-order valence-electron chi connectivity index (χ3n) is 3.19. The average molecular weight is 288 g/mol. The summed E-state index contributed by atoms with van der Waals surface area (Å²) in [5.74, 6) is -0.912. The van der Waals surface area contributed by atoms with E-state index in [2.05, 4.69) is 13.8 Å². The van der Waals surface area contributed by atoms with Crippen molar-refractivity contribution in [1.82, 2.24) is 0 Å². The van der Waals surface area contributed by atoms with Crippen molar-refractivity contribution in [1.29, 1.82) is 0 Å². The van der Waals surface area contributed by atoms with Crippen LogP contribution in [0.5, 0.6) is 5.75 Å². The van der Waals surface area contributed by atoms with Crippen molar-refractivity contribution in [3.63, 3.8) is 0 Å². The van der Waals surface area contributed by atoms with Gasteiger partial charge in [-0.25, -0.2) is 9.18 Å². The van der Waals surface area contributed by atoms with Crippen LogP contribution in [0.25, 0.3) is 0 Å². The van der Waals surface area contributed by atoms with E-state index in [1.807, 2.05) is 24.3 Å². The van der Waals surface area contributed by atoms with E-state index >= 15 is 0 Å². The lowest BCUT2D eigenvalue weighted by atomic mass is 10.0. The number of halogens is 1. The van der Waals surface area contributed by atoms with Crippen LogP contribution < -0.4 is 4.74 Å². The van der Waals surface area contributed by atoms with E-state index in [1.165, 1.54) is 12.1 Å². The molecule has 2 aromatic carbocycles. The molecule has 4 heteroatoms. The van der Waals surface area contributed by atoms with Crippen molar-refractivity contribution in [3.8, 4) is 5.75 Å². The molecule has 0 saturated heterocycles. The predicted octanol–water partition coefficient (Wildman–Crippen LogP) is 4.23. The zero-order valence-corrected chi connectivity index (χ0v) is 12.0. The van der Waals surface area contributed by atoms with Crippen LogP contribution in [0.15, 0.2) is 42.5 Å². The monoisotopic (exact) mass is 288 g/mol. The number of benzene rings is 2. The molecule has 0 aliphatic heterocycles. The van der Waals surface area contributed by atoms with Crippen LogP contribution >= 0.6 is 0 Å². The summed E-state index contributed by atoms with van der Waals surface area (Å²) in [5, 5.41) is 8.89. The first-order valence-electron chi connectivity index (χ1n) is 6.72. The van der Waals surface area contributed by atoms with Crippen molar-refractivity contribution in [2.24, 2.45) is 0 Å². The van der Waals surface area contributed by atoms with Gasteiger partial charge in [0.05, 0.1) is 5.56 Å². The molecule has 0 aliphatic rings. The number of carboxylic acids is 1. The van der Waals surface area contributed by atoms with Gasteiger partial charge >= 0.3 is 5.97 Å². The molecule has 0 amide bonds. The molecule has 1 N–H and O–H groups in total. The van der Waals surface area contributed by atoms with Gasteiger partial charge in [0.25, 0.3) is 0 Å². The molecule has 0 fully saturated rings. The minimum atomic E-state index is -1.28. The lowest BCUT2D eigenvalue weighted by Gasteiger charge is -2.10. The topological polar surface area (TPSA) is 46.5 Å². The minimum absolute atomic E-state index is 0.197. The zero-order valence-electron chi connectivity index (χ0n) is 12.0. The Labute approximate surface area is 123 Å². The number of carbonyl (C=O) groups is 1. The summed E-state index contributed by atoms with van der Waals surface area (Å²) in [6.45, 7) is 4.39. The fraction of sp³-hybridized carbons (Fsp3) is 0.235. The highest BCUT2D eigenvalue weighted by Crippen LogP contribution is 2.21. The first-order valence-corrected chi connectivity index (χ1v) is 6.72. The fourth-order valence-electron chi connectivity index (χ4n) is 1.96. The molecule has 0 saturated carbocycles. The molecule has 0 aliphatic carbocycles. The summed E-state index contributed by atoms with van der Waals surface area (Å²) in [5.41, 5.74) is 1.44. The molecule has 21 heavy (non-hydrogen) atoms. The lowest BCUT2D eigenvalue weighted by Crippen LogP contribution is -2.03. The van der Waals surface area contributed by atoms with E-state index in [-0.39, 0.29) is 12.2 Å². The maximum atomic E-state index is 13.3. The van der Waals surface area contributed by atoms with Gasteiger partial charge in [-0.05, 0) is 41.3 Å². The third kappa shape index (κ3) is 3.81. The largest absolute Gasteiger partial charge is 0.489 e. The highest BCUT2D eigenvalue weighted by Gasteiger charge is 2.11. The first kappa shape index (κ1) is 15.0. The molecule has 0 bridgehead atoms. The smallest absolute Gasteiger partial charge is 0.338 e. The van der Waals surface area contributed by atoms with Gasteiger partial charge in [0, 0.05) is 0 Å². The minimum Gasteiger partial charge on any atom is -0.489 e. The van der Waals surface area contributed by atoms with E-state index in [0.717, 1.165) is 11.6 Å². The molecule has 3 nitrogen and oxygen atoms in total. The van der Waals surface area contributed by atoms with Crippen molar-refractivity contribution in [3.05, 3.63) is 65.0 Å². The van der Waals surface area contributed by atoms with Crippen LogP contribution in [0.4, 0.5) is 4.39 Å². The Kier molecular flexibility index (Phi) is 4.58. The van der Waals surface area contributed by atoms with Crippen molar-refractivity contribution in [2.75, 3.05) is 0 Å². The second kappa shape index (κ2) is 6.39. The van der Waals surface area contributed by atoms with Crippen LogP contribution in [-0.2, 0) is 6.61 Å². The second-order valence-electron chi connectivity index (χ2n) is 5.14. The molecule has 0 atom stereocenters. The first-order chi connectivity index (χ1) is 9.97. The maximum absolute atomic E-state index is 13.3. The van der Waals surface area contributed by atoms with Crippen LogP contribution in [0.1, 0.15) is 41.3 Å².